The van der Waals surface area contributed by atoms with E-state index >= 15 is 0 Å². The van der Waals surface area contributed by atoms with Gasteiger partial charge >= 0.3 is 6.18 Å². The molecule has 1 heterocycles. The SMILES string of the molecule is Cc1ccc(-n2ncc(C(=O)NC(C)c3ccc(NC(=O)C4CC4)cc3)c2C(F)(F)F)cc1. The van der Waals surface area contributed by atoms with Crippen molar-refractivity contribution < 1.29 is 22.8 Å². The summed E-state index contributed by atoms with van der Waals surface area (Å²) in [6.07, 6.45) is -2.05. The number of alkyl halides is 3. The average Bonchev–Trinajstić information content (AvgIpc) is 3.52. The molecule has 4 rings (SSSR count). The number of hydrogen-bond acceptors (Lipinski definition) is 3. The third-order valence-corrected chi connectivity index (χ3v) is 5.53. The molecule has 1 atom stereocenters. The molecule has 1 aliphatic carbocycles. The van der Waals surface area contributed by atoms with E-state index < -0.39 is 29.4 Å². The van der Waals surface area contributed by atoms with Gasteiger partial charge < -0.3 is 10.6 Å². The van der Waals surface area contributed by atoms with E-state index in [0.717, 1.165) is 29.3 Å². The highest BCUT2D eigenvalue weighted by atomic mass is 19.4. The number of carbonyl (C=O) groups excluding carboxylic acids is 2. The van der Waals surface area contributed by atoms with Gasteiger partial charge in [-0.3, -0.25) is 9.59 Å². The second kappa shape index (κ2) is 8.73. The summed E-state index contributed by atoms with van der Waals surface area (Å²) >= 11 is 0. The predicted octanol–water partition coefficient (Wildman–Crippen LogP) is 5.04. The molecule has 0 aliphatic heterocycles. The minimum atomic E-state index is -4.78. The number of rotatable bonds is 6. The fourth-order valence-electron chi connectivity index (χ4n) is 3.47. The van der Waals surface area contributed by atoms with E-state index in [-0.39, 0.29) is 17.5 Å². The Balaban J connectivity index is 1.51. The molecule has 9 heteroatoms. The summed E-state index contributed by atoms with van der Waals surface area (Å²) in [5.41, 5.74) is 0.742. The second-order valence-corrected chi connectivity index (χ2v) is 8.23. The summed E-state index contributed by atoms with van der Waals surface area (Å²) in [5.74, 6) is -0.819. The van der Waals surface area contributed by atoms with Crippen molar-refractivity contribution in [3.05, 3.63) is 77.1 Å². The molecule has 1 aliphatic rings. The van der Waals surface area contributed by atoms with Gasteiger partial charge in [0, 0.05) is 11.6 Å². The molecule has 2 amide bonds. The predicted molar refractivity (Wildman–Crippen MR) is 117 cm³/mol. The van der Waals surface area contributed by atoms with Crippen LogP contribution in [-0.2, 0) is 11.0 Å². The third kappa shape index (κ3) is 5.08. The monoisotopic (exact) mass is 456 g/mol. The standard InChI is InChI=1S/C24H23F3N4O2/c1-14-3-11-19(12-4-14)31-21(24(25,26)27)20(13-28-31)23(33)29-15(2)16-7-9-18(10-8-16)30-22(32)17-5-6-17/h3-4,7-13,15,17H,5-6H2,1-2H3,(H,29,33)(H,30,32). The number of carbonyl (C=O) groups is 2. The summed E-state index contributed by atoms with van der Waals surface area (Å²) in [6.45, 7) is 3.50. The summed E-state index contributed by atoms with van der Waals surface area (Å²) < 4.78 is 42.3. The zero-order chi connectivity index (χ0) is 23.8. The number of hydrogen-bond donors (Lipinski definition) is 2. The quantitative estimate of drug-likeness (QED) is 0.546. The first-order valence-electron chi connectivity index (χ1n) is 10.6. The van der Waals surface area contributed by atoms with E-state index in [1.807, 2.05) is 6.92 Å². The summed E-state index contributed by atoms with van der Waals surface area (Å²) in [7, 11) is 0. The third-order valence-electron chi connectivity index (χ3n) is 5.53. The van der Waals surface area contributed by atoms with Crippen molar-refractivity contribution in [1.82, 2.24) is 15.1 Å². The van der Waals surface area contributed by atoms with E-state index in [1.54, 1.807) is 43.3 Å². The van der Waals surface area contributed by atoms with Crippen LogP contribution < -0.4 is 10.6 Å². The Bertz CT molecular complexity index is 1160. The van der Waals surface area contributed by atoms with Gasteiger partial charge in [-0.1, -0.05) is 29.8 Å². The number of nitrogens with one attached hydrogen (secondary N) is 2. The van der Waals surface area contributed by atoms with Crippen LogP contribution in [0.15, 0.2) is 54.7 Å². The van der Waals surface area contributed by atoms with Crippen LogP contribution in [0.25, 0.3) is 5.69 Å². The molecule has 1 fully saturated rings. The lowest BCUT2D eigenvalue weighted by atomic mass is 10.1. The Kier molecular flexibility index (Phi) is 5.97. The number of aryl methyl sites for hydroxylation is 1. The van der Waals surface area contributed by atoms with Crippen molar-refractivity contribution in [2.75, 3.05) is 5.32 Å². The maximum atomic E-state index is 13.9. The highest BCUT2D eigenvalue weighted by Crippen LogP contribution is 2.34. The fraction of sp³-hybridized carbons (Fsp3) is 0.292. The molecule has 0 radical (unpaired) electrons. The molecule has 3 aromatic rings. The summed E-state index contributed by atoms with van der Waals surface area (Å²) in [5, 5.41) is 9.27. The lowest BCUT2D eigenvalue weighted by Crippen LogP contribution is -2.29. The minimum Gasteiger partial charge on any atom is -0.345 e. The van der Waals surface area contributed by atoms with E-state index in [1.165, 1.54) is 12.1 Å². The number of benzene rings is 2. The van der Waals surface area contributed by atoms with Crippen LogP contribution in [0, 0.1) is 12.8 Å². The molecular weight excluding hydrogens is 433 g/mol. The van der Waals surface area contributed by atoms with Crippen molar-refractivity contribution in [2.45, 2.75) is 38.9 Å². The van der Waals surface area contributed by atoms with Crippen LogP contribution in [0.3, 0.4) is 0 Å². The van der Waals surface area contributed by atoms with Gasteiger partial charge in [0.25, 0.3) is 5.91 Å². The van der Waals surface area contributed by atoms with E-state index in [0.29, 0.717) is 11.3 Å². The van der Waals surface area contributed by atoms with Crippen molar-refractivity contribution >= 4 is 17.5 Å². The van der Waals surface area contributed by atoms with Crippen LogP contribution in [-0.4, -0.2) is 21.6 Å². The molecule has 172 valence electrons. The summed E-state index contributed by atoms with van der Waals surface area (Å²) in [6, 6.07) is 12.7. The van der Waals surface area contributed by atoms with Crippen LogP contribution in [0.1, 0.15) is 53.0 Å². The average molecular weight is 456 g/mol. The van der Waals surface area contributed by atoms with Crippen LogP contribution >= 0.6 is 0 Å². The summed E-state index contributed by atoms with van der Waals surface area (Å²) in [4.78, 5) is 24.6. The molecule has 1 unspecified atom stereocenters. The molecular formula is C24H23F3N4O2. The van der Waals surface area contributed by atoms with Gasteiger partial charge in [-0.15, -0.1) is 0 Å². The molecule has 0 saturated heterocycles. The lowest BCUT2D eigenvalue weighted by molar-refractivity contribution is -0.143. The maximum absolute atomic E-state index is 13.9. The highest BCUT2D eigenvalue weighted by Gasteiger charge is 2.40. The number of nitrogens with zero attached hydrogens (tertiary/aromatic N) is 2. The Morgan fingerprint density at radius 2 is 1.70 bits per heavy atom. The van der Waals surface area contributed by atoms with Gasteiger partial charge in [-0.25, -0.2) is 4.68 Å². The zero-order valence-electron chi connectivity index (χ0n) is 18.1. The van der Waals surface area contributed by atoms with Crippen LogP contribution in [0.5, 0.6) is 0 Å². The van der Waals surface area contributed by atoms with Crippen LogP contribution in [0.4, 0.5) is 18.9 Å². The van der Waals surface area contributed by atoms with E-state index in [9.17, 15) is 22.8 Å². The molecule has 0 spiro atoms. The molecule has 6 nitrogen and oxygen atoms in total. The first kappa shape index (κ1) is 22.6. The minimum absolute atomic E-state index is 0.0191. The van der Waals surface area contributed by atoms with Crippen molar-refractivity contribution in [2.24, 2.45) is 5.92 Å². The van der Waals surface area contributed by atoms with Crippen LogP contribution in [0.2, 0.25) is 0 Å². The zero-order valence-corrected chi connectivity index (χ0v) is 18.1. The smallest absolute Gasteiger partial charge is 0.345 e. The number of aromatic nitrogens is 2. The Labute approximate surface area is 188 Å². The van der Waals surface area contributed by atoms with Crippen molar-refractivity contribution in [3.8, 4) is 5.69 Å². The van der Waals surface area contributed by atoms with Gasteiger partial charge in [0.05, 0.1) is 23.5 Å². The number of amides is 2. The van der Waals surface area contributed by atoms with E-state index in [4.69, 9.17) is 0 Å². The Hall–Kier alpha value is -3.62. The first-order valence-corrected chi connectivity index (χ1v) is 10.6. The molecule has 1 saturated carbocycles. The molecule has 0 bridgehead atoms. The first-order chi connectivity index (χ1) is 15.6. The second-order valence-electron chi connectivity index (χ2n) is 8.23. The normalized spacial score (nSPS) is 14.6. The Morgan fingerprint density at radius 1 is 1.06 bits per heavy atom. The molecule has 2 aromatic carbocycles. The van der Waals surface area contributed by atoms with Gasteiger partial charge in [0.15, 0.2) is 5.69 Å². The van der Waals surface area contributed by atoms with Gasteiger partial charge in [0.1, 0.15) is 0 Å². The van der Waals surface area contributed by atoms with Gasteiger partial charge in [-0.2, -0.15) is 18.3 Å². The topological polar surface area (TPSA) is 76.0 Å². The maximum Gasteiger partial charge on any atom is 0.434 e. The van der Waals surface area contributed by atoms with Crippen molar-refractivity contribution in [3.63, 3.8) is 0 Å². The number of anilines is 1. The van der Waals surface area contributed by atoms with Crippen molar-refractivity contribution in [1.29, 1.82) is 0 Å². The molecule has 33 heavy (non-hydrogen) atoms. The molecule has 2 N–H and O–H groups in total. The fourth-order valence-corrected chi connectivity index (χ4v) is 3.47. The van der Waals surface area contributed by atoms with Gasteiger partial charge in [-0.05, 0) is 56.5 Å². The largest absolute Gasteiger partial charge is 0.434 e. The molecule has 1 aromatic heterocycles. The highest BCUT2D eigenvalue weighted by molar-refractivity contribution is 5.96. The van der Waals surface area contributed by atoms with Gasteiger partial charge in [0.2, 0.25) is 5.91 Å². The number of halogens is 3. The lowest BCUT2D eigenvalue weighted by Gasteiger charge is -2.17. The Morgan fingerprint density at radius 3 is 2.27 bits per heavy atom. The van der Waals surface area contributed by atoms with E-state index in [2.05, 4.69) is 15.7 Å².